The Kier molecular flexibility index (Phi) is 6.25. The van der Waals surface area contributed by atoms with Gasteiger partial charge in [0.1, 0.15) is 0 Å². The first-order valence-electron chi connectivity index (χ1n) is 9.97. The lowest BCUT2D eigenvalue weighted by atomic mass is 10.2. The van der Waals surface area contributed by atoms with Crippen molar-refractivity contribution < 1.29 is 23.9 Å². The van der Waals surface area contributed by atoms with Crippen LogP contribution >= 0.6 is 34.9 Å². The van der Waals surface area contributed by atoms with Crippen LogP contribution in [0.3, 0.4) is 0 Å². The van der Waals surface area contributed by atoms with Crippen molar-refractivity contribution in [2.24, 2.45) is 0 Å². The molecule has 0 atom stereocenters. The van der Waals surface area contributed by atoms with Crippen molar-refractivity contribution in [3.8, 4) is 11.5 Å². The Balaban J connectivity index is 1.12. The van der Waals surface area contributed by atoms with Crippen LogP contribution in [-0.4, -0.2) is 52.6 Å². The molecule has 3 aromatic rings. The van der Waals surface area contributed by atoms with Gasteiger partial charge >= 0.3 is 0 Å². The maximum atomic E-state index is 12.7. The zero-order chi connectivity index (χ0) is 22.8. The minimum Gasteiger partial charge on any atom is -0.454 e. The standard InChI is InChI=1S/C22H17N3O5S3/c26-19(11-31-21-24-14-3-1-2-4-17(14)32-21)23-7-8-25-20(27)18(33-22(25)28)10-13-5-6-15-16(9-13)30-12-29-15/h1-6,9-10H,7-8,11-12H2,(H,23,26)/b18-10+. The molecule has 0 aliphatic carbocycles. The second-order valence-electron chi connectivity index (χ2n) is 7.03. The van der Waals surface area contributed by atoms with Gasteiger partial charge in [0.25, 0.3) is 11.1 Å². The van der Waals surface area contributed by atoms with Crippen LogP contribution < -0.4 is 14.8 Å². The van der Waals surface area contributed by atoms with E-state index in [0.29, 0.717) is 16.4 Å². The average Bonchev–Trinajstić information content (AvgIpc) is 3.51. The number of fused-ring (bicyclic) bond motifs is 2. The fraction of sp³-hybridized carbons (Fsp3) is 0.182. The molecule has 3 amide bonds. The number of ether oxygens (including phenoxy) is 2. The molecule has 8 nitrogen and oxygen atoms in total. The topological polar surface area (TPSA) is 97.8 Å². The fourth-order valence-electron chi connectivity index (χ4n) is 3.25. The number of nitrogens with one attached hydrogen (secondary N) is 1. The van der Waals surface area contributed by atoms with Crippen molar-refractivity contribution in [3.63, 3.8) is 0 Å². The van der Waals surface area contributed by atoms with E-state index in [-0.39, 0.29) is 42.7 Å². The van der Waals surface area contributed by atoms with Gasteiger partial charge in [-0.2, -0.15) is 0 Å². The van der Waals surface area contributed by atoms with Gasteiger partial charge in [0.2, 0.25) is 12.7 Å². The molecule has 11 heteroatoms. The number of carbonyl (C=O) groups is 3. The highest BCUT2D eigenvalue weighted by molar-refractivity contribution is 8.18. The predicted octanol–water partition coefficient (Wildman–Crippen LogP) is 3.97. The Labute approximate surface area is 201 Å². The van der Waals surface area contributed by atoms with Crippen molar-refractivity contribution in [2.45, 2.75) is 4.34 Å². The van der Waals surface area contributed by atoms with E-state index in [1.165, 1.54) is 11.8 Å². The van der Waals surface area contributed by atoms with Crippen LogP contribution in [0.1, 0.15) is 5.56 Å². The molecule has 3 heterocycles. The van der Waals surface area contributed by atoms with Gasteiger partial charge in [0, 0.05) is 13.1 Å². The molecule has 2 aliphatic rings. The van der Waals surface area contributed by atoms with Crippen LogP contribution in [0.15, 0.2) is 51.7 Å². The first kappa shape index (κ1) is 21.8. The highest BCUT2D eigenvalue weighted by Crippen LogP contribution is 2.36. The molecule has 1 fully saturated rings. The van der Waals surface area contributed by atoms with Crippen molar-refractivity contribution >= 4 is 68.2 Å². The maximum absolute atomic E-state index is 12.7. The summed E-state index contributed by atoms with van der Waals surface area (Å²) < 4.78 is 12.5. The number of hydrogen-bond donors (Lipinski definition) is 1. The lowest BCUT2D eigenvalue weighted by Crippen LogP contribution is -2.37. The summed E-state index contributed by atoms with van der Waals surface area (Å²) in [6.45, 7) is 0.468. The van der Waals surface area contributed by atoms with E-state index in [4.69, 9.17) is 9.47 Å². The van der Waals surface area contributed by atoms with Crippen molar-refractivity contribution in [3.05, 3.63) is 52.9 Å². The van der Waals surface area contributed by atoms with E-state index in [9.17, 15) is 14.4 Å². The number of rotatable bonds is 7. The number of amides is 3. The van der Waals surface area contributed by atoms with E-state index in [2.05, 4.69) is 10.3 Å². The Morgan fingerprint density at radius 1 is 1.18 bits per heavy atom. The number of nitrogens with zero attached hydrogens (tertiary/aromatic N) is 2. The molecular weight excluding hydrogens is 482 g/mol. The Bertz CT molecular complexity index is 1260. The number of thiazole rings is 1. The van der Waals surface area contributed by atoms with Crippen LogP contribution in [0.5, 0.6) is 11.5 Å². The Morgan fingerprint density at radius 2 is 2.03 bits per heavy atom. The molecule has 0 radical (unpaired) electrons. The minimum atomic E-state index is -0.374. The van der Waals surface area contributed by atoms with Crippen LogP contribution in [0.2, 0.25) is 0 Å². The SMILES string of the molecule is O=C(CSc1nc2ccccc2s1)NCCN1C(=O)S/C(=C/c2ccc3c(c2)OCO3)C1=O. The molecule has 33 heavy (non-hydrogen) atoms. The molecule has 0 saturated carbocycles. The second-order valence-corrected chi connectivity index (χ2v) is 10.3. The summed E-state index contributed by atoms with van der Waals surface area (Å²) >= 11 is 3.79. The molecule has 2 aromatic carbocycles. The Morgan fingerprint density at radius 3 is 2.91 bits per heavy atom. The number of aromatic nitrogens is 1. The monoisotopic (exact) mass is 499 g/mol. The molecule has 5 rings (SSSR count). The maximum Gasteiger partial charge on any atom is 0.293 e. The summed E-state index contributed by atoms with van der Waals surface area (Å²) in [7, 11) is 0. The Hall–Kier alpha value is -3.02. The zero-order valence-corrected chi connectivity index (χ0v) is 19.6. The number of para-hydroxylation sites is 1. The van der Waals surface area contributed by atoms with Gasteiger partial charge in [-0.3, -0.25) is 19.3 Å². The molecule has 1 N–H and O–H groups in total. The first-order valence-corrected chi connectivity index (χ1v) is 12.6. The molecule has 1 saturated heterocycles. The minimum absolute atomic E-state index is 0.112. The van der Waals surface area contributed by atoms with Crippen LogP contribution in [0.25, 0.3) is 16.3 Å². The first-order chi connectivity index (χ1) is 16.1. The molecule has 168 valence electrons. The van der Waals surface area contributed by atoms with Crippen LogP contribution in [0, 0.1) is 0 Å². The van der Waals surface area contributed by atoms with Crippen molar-refractivity contribution in [1.29, 1.82) is 0 Å². The van der Waals surface area contributed by atoms with E-state index in [1.54, 1.807) is 35.6 Å². The molecule has 0 unspecified atom stereocenters. The highest BCUT2D eigenvalue weighted by Gasteiger charge is 2.34. The molecule has 0 bridgehead atoms. The summed E-state index contributed by atoms with van der Waals surface area (Å²) in [5, 5.41) is 2.40. The van der Waals surface area contributed by atoms with E-state index in [0.717, 1.165) is 36.8 Å². The second kappa shape index (κ2) is 9.46. The van der Waals surface area contributed by atoms with Gasteiger partial charge in [-0.15, -0.1) is 11.3 Å². The lowest BCUT2D eigenvalue weighted by molar-refractivity contribution is -0.123. The normalized spacial score (nSPS) is 16.2. The van der Waals surface area contributed by atoms with Gasteiger partial charge in [-0.25, -0.2) is 4.98 Å². The largest absolute Gasteiger partial charge is 0.454 e. The summed E-state index contributed by atoms with van der Waals surface area (Å²) in [6, 6.07) is 13.1. The number of imide groups is 1. The number of carbonyl (C=O) groups excluding carboxylic acids is 3. The van der Waals surface area contributed by atoms with E-state index >= 15 is 0 Å². The third-order valence-electron chi connectivity index (χ3n) is 4.83. The smallest absolute Gasteiger partial charge is 0.293 e. The molecule has 2 aliphatic heterocycles. The predicted molar refractivity (Wildman–Crippen MR) is 129 cm³/mol. The average molecular weight is 500 g/mol. The number of hydrogen-bond acceptors (Lipinski definition) is 9. The lowest BCUT2D eigenvalue weighted by Gasteiger charge is -2.12. The van der Waals surface area contributed by atoms with Gasteiger partial charge in [-0.05, 0) is 47.7 Å². The summed E-state index contributed by atoms with van der Waals surface area (Å²) in [5.41, 5.74) is 1.66. The van der Waals surface area contributed by atoms with Gasteiger partial charge in [0.05, 0.1) is 20.9 Å². The van der Waals surface area contributed by atoms with Gasteiger partial charge in [-0.1, -0.05) is 30.0 Å². The van der Waals surface area contributed by atoms with Crippen molar-refractivity contribution in [2.75, 3.05) is 25.6 Å². The highest BCUT2D eigenvalue weighted by atomic mass is 32.2. The molecular formula is C22H17N3O5S3. The molecule has 0 spiro atoms. The number of benzene rings is 2. The molecule has 1 aromatic heterocycles. The van der Waals surface area contributed by atoms with Gasteiger partial charge in [0.15, 0.2) is 15.8 Å². The number of thioether (sulfide) groups is 2. The van der Waals surface area contributed by atoms with Gasteiger partial charge < -0.3 is 14.8 Å². The van der Waals surface area contributed by atoms with Crippen LogP contribution in [-0.2, 0) is 9.59 Å². The van der Waals surface area contributed by atoms with E-state index < -0.39 is 0 Å². The van der Waals surface area contributed by atoms with Crippen molar-refractivity contribution in [1.82, 2.24) is 15.2 Å². The summed E-state index contributed by atoms with van der Waals surface area (Å²) in [6.07, 6.45) is 1.65. The fourth-order valence-corrected chi connectivity index (χ4v) is 6.01. The van der Waals surface area contributed by atoms with Crippen LogP contribution in [0.4, 0.5) is 4.79 Å². The summed E-state index contributed by atoms with van der Waals surface area (Å²) in [5.74, 6) is 0.917. The van der Waals surface area contributed by atoms with E-state index in [1.807, 2.05) is 24.3 Å². The zero-order valence-electron chi connectivity index (χ0n) is 17.1. The third kappa shape index (κ3) is 4.85. The third-order valence-corrected chi connectivity index (χ3v) is 7.91. The quantitative estimate of drug-likeness (QED) is 0.385. The summed E-state index contributed by atoms with van der Waals surface area (Å²) in [4.78, 5) is 43.1.